The Morgan fingerprint density at radius 3 is 2.11 bits per heavy atom. The van der Waals surface area contributed by atoms with E-state index < -0.39 is 0 Å². The zero-order chi connectivity index (χ0) is 20.5. The van der Waals surface area contributed by atoms with Crippen LogP contribution >= 0.6 is 21.6 Å². The number of carbonyl (C=O) groups is 3. The van der Waals surface area contributed by atoms with Crippen LogP contribution in [0.3, 0.4) is 0 Å². The molecule has 0 aromatic rings. The first-order valence-corrected chi connectivity index (χ1v) is 12.4. The maximum atomic E-state index is 11.7. The molecule has 7 nitrogen and oxygen atoms in total. The Bertz CT molecular complexity index is 460. The largest absolute Gasteiger partial charge is 0.377 e. The van der Waals surface area contributed by atoms with Crippen LogP contribution in [0.1, 0.15) is 51.9 Å². The zero-order valence-electron chi connectivity index (χ0n) is 16.8. The maximum Gasteiger partial charge on any atom is 0.220 e. The lowest BCUT2D eigenvalue weighted by atomic mass is 10.1. The van der Waals surface area contributed by atoms with E-state index in [1.165, 1.54) is 25.5 Å². The van der Waals surface area contributed by atoms with Gasteiger partial charge in [-0.25, -0.2) is 0 Å². The van der Waals surface area contributed by atoms with E-state index in [4.69, 9.17) is 9.47 Å². The molecule has 162 valence electrons. The van der Waals surface area contributed by atoms with E-state index in [0.29, 0.717) is 45.9 Å². The zero-order valence-corrected chi connectivity index (χ0v) is 18.5. The van der Waals surface area contributed by atoms with E-state index >= 15 is 0 Å². The Labute approximate surface area is 176 Å². The fraction of sp³-hybridized carbons (Fsp3) is 0.842. The highest BCUT2D eigenvalue weighted by Gasteiger charge is 2.15. The Morgan fingerprint density at radius 1 is 0.893 bits per heavy atom. The summed E-state index contributed by atoms with van der Waals surface area (Å²) in [5.41, 5.74) is 0. The summed E-state index contributed by atoms with van der Waals surface area (Å²) in [6.45, 7) is 4.17. The second-order valence-electron chi connectivity index (χ2n) is 6.70. The molecule has 1 heterocycles. The quantitative estimate of drug-likeness (QED) is 0.268. The lowest BCUT2D eigenvalue weighted by Gasteiger charge is -2.09. The van der Waals surface area contributed by atoms with Crippen molar-refractivity contribution in [3.8, 4) is 0 Å². The maximum absolute atomic E-state index is 11.7. The predicted molar refractivity (Wildman–Crippen MR) is 114 cm³/mol. The van der Waals surface area contributed by atoms with Crippen LogP contribution in [0.25, 0.3) is 0 Å². The molecule has 1 unspecified atom stereocenters. The van der Waals surface area contributed by atoms with Crippen molar-refractivity contribution in [1.82, 2.24) is 10.6 Å². The smallest absolute Gasteiger partial charge is 0.220 e. The molecule has 0 spiro atoms. The highest BCUT2D eigenvalue weighted by atomic mass is 33.1. The number of rotatable bonds is 17. The normalized spacial score (nSPS) is 16.1. The average Bonchev–Trinajstić information content (AvgIpc) is 3.18. The molecule has 1 saturated heterocycles. The van der Waals surface area contributed by atoms with Gasteiger partial charge in [-0.15, -0.1) is 0 Å². The summed E-state index contributed by atoms with van der Waals surface area (Å²) >= 11 is 0. The molecule has 0 aliphatic carbocycles. The lowest BCUT2D eigenvalue weighted by Crippen LogP contribution is -2.28. The summed E-state index contributed by atoms with van der Waals surface area (Å²) in [6, 6.07) is 0. The van der Waals surface area contributed by atoms with Crippen LogP contribution < -0.4 is 10.6 Å². The van der Waals surface area contributed by atoms with Gasteiger partial charge in [-0.1, -0.05) is 28.0 Å². The van der Waals surface area contributed by atoms with Crippen molar-refractivity contribution < 1.29 is 23.9 Å². The second kappa shape index (κ2) is 17.1. The number of nitrogens with one attached hydrogen (secondary N) is 2. The number of carbonyl (C=O) groups excluding carboxylic acids is 3. The van der Waals surface area contributed by atoms with Crippen molar-refractivity contribution in [2.45, 2.75) is 57.1 Å². The van der Waals surface area contributed by atoms with Crippen LogP contribution in [0.4, 0.5) is 0 Å². The van der Waals surface area contributed by atoms with Gasteiger partial charge >= 0.3 is 0 Å². The van der Waals surface area contributed by atoms with E-state index in [-0.39, 0.29) is 30.4 Å². The molecule has 0 bridgehead atoms. The molecule has 1 rings (SSSR count). The first kappa shape index (κ1) is 25.3. The topological polar surface area (TPSA) is 93.7 Å². The van der Waals surface area contributed by atoms with Crippen LogP contribution in [0.15, 0.2) is 0 Å². The molecule has 1 aliphatic heterocycles. The molecule has 1 aliphatic rings. The van der Waals surface area contributed by atoms with Crippen LogP contribution in [0, 0.1) is 0 Å². The fourth-order valence-electron chi connectivity index (χ4n) is 2.54. The van der Waals surface area contributed by atoms with Gasteiger partial charge in [-0.05, 0) is 26.2 Å². The summed E-state index contributed by atoms with van der Waals surface area (Å²) in [6.07, 6.45) is 5.68. The van der Waals surface area contributed by atoms with Crippen molar-refractivity contribution in [3.63, 3.8) is 0 Å². The minimum Gasteiger partial charge on any atom is -0.377 e. The Kier molecular flexibility index (Phi) is 15.4. The van der Waals surface area contributed by atoms with Crippen molar-refractivity contribution in [1.29, 1.82) is 0 Å². The third-order valence-electron chi connectivity index (χ3n) is 4.12. The number of ether oxygens (including phenoxy) is 2. The van der Waals surface area contributed by atoms with Crippen molar-refractivity contribution >= 4 is 39.2 Å². The highest BCUT2D eigenvalue weighted by molar-refractivity contribution is 8.77. The average molecular weight is 435 g/mol. The first-order valence-electron chi connectivity index (χ1n) is 10.0. The molecular weight excluding hydrogens is 400 g/mol. The summed E-state index contributed by atoms with van der Waals surface area (Å²) in [5, 5.41) is 6.34. The Balaban J connectivity index is 1.77. The molecule has 0 aromatic carbocycles. The van der Waals surface area contributed by atoms with Crippen LogP contribution in [0.5, 0.6) is 0 Å². The standard InChI is InChI=1S/C19H34N2O5S2/c1-16(22)6-7-19(24)21-10-12-26-14-13-25-11-9-20-18(23)5-3-2-4-17-8-15-27-28-17/h17H,2-15H2,1H3,(H,20,23)(H,21,24). The monoisotopic (exact) mass is 434 g/mol. The molecule has 2 N–H and O–H groups in total. The van der Waals surface area contributed by atoms with Gasteiger partial charge in [0.15, 0.2) is 0 Å². The third kappa shape index (κ3) is 15.2. The number of hydrogen-bond acceptors (Lipinski definition) is 7. The fourth-order valence-corrected chi connectivity index (χ4v) is 5.56. The van der Waals surface area contributed by atoms with Gasteiger partial charge in [0.2, 0.25) is 11.8 Å². The highest BCUT2D eigenvalue weighted by Crippen LogP contribution is 2.39. The minimum absolute atomic E-state index is 0.0116. The first-order chi connectivity index (χ1) is 13.6. The molecule has 0 aromatic heterocycles. The summed E-state index contributed by atoms with van der Waals surface area (Å²) in [5.74, 6) is 1.23. The molecule has 2 amide bonds. The van der Waals surface area contributed by atoms with E-state index in [1.807, 2.05) is 21.6 Å². The van der Waals surface area contributed by atoms with Gasteiger partial charge in [0.25, 0.3) is 0 Å². The molecule has 28 heavy (non-hydrogen) atoms. The molecule has 0 saturated carbocycles. The van der Waals surface area contributed by atoms with Gasteiger partial charge in [-0.3, -0.25) is 9.59 Å². The van der Waals surface area contributed by atoms with E-state index in [1.54, 1.807) is 0 Å². The van der Waals surface area contributed by atoms with E-state index in [0.717, 1.165) is 18.1 Å². The molecule has 9 heteroatoms. The predicted octanol–water partition coefficient (Wildman–Crippen LogP) is 2.34. The summed E-state index contributed by atoms with van der Waals surface area (Å²) in [7, 11) is 3.95. The van der Waals surface area contributed by atoms with Crippen molar-refractivity contribution in [2.75, 3.05) is 45.3 Å². The number of unbranched alkanes of at least 4 members (excludes halogenated alkanes) is 1. The molecular formula is C19H34N2O5S2. The molecule has 0 radical (unpaired) electrons. The van der Waals surface area contributed by atoms with E-state index in [9.17, 15) is 14.4 Å². The van der Waals surface area contributed by atoms with Gasteiger partial charge in [-0.2, -0.15) is 0 Å². The molecule has 1 atom stereocenters. The minimum atomic E-state index is -0.137. The van der Waals surface area contributed by atoms with Gasteiger partial charge in [0.05, 0.1) is 26.4 Å². The summed E-state index contributed by atoms with van der Waals surface area (Å²) < 4.78 is 10.7. The number of ketones is 1. The van der Waals surface area contributed by atoms with Gasteiger partial charge < -0.3 is 24.9 Å². The van der Waals surface area contributed by atoms with Crippen LogP contribution in [-0.2, 0) is 23.9 Å². The Morgan fingerprint density at radius 2 is 1.54 bits per heavy atom. The van der Waals surface area contributed by atoms with Gasteiger partial charge in [0.1, 0.15) is 5.78 Å². The number of hydrogen-bond donors (Lipinski definition) is 2. The number of Topliss-reactive ketones (excluding diaryl/α,β-unsaturated/α-hetero) is 1. The summed E-state index contributed by atoms with van der Waals surface area (Å²) in [4.78, 5) is 33.9. The molecule has 1 fully saturated rings. The lowest BCUT2D eigenvalue weighted by molar-refractivity contribution is -0.124. The SMILES string of the molecule is CC(=O)CCC(=O)NCCOCCOCCNC(=O)CCCCC1CCSS1. The van der Waals surface area contributed by atoms with Crippen LogP contribution in [0.2, 0.25) is 0 Å². The Hall–Kier alpha value is -0.770. The number of amides is 2. The van der Waals surface area contributed by atoms with Crippen molar-refractivity contribution in [3.05, 3.63) is 0 Å². The van der Waals surface area contributed by atoms with Crippen LogP contribution in [-0.4, -0.2) is 68.1 Å². The van der Waals surface area contributed by atoms with Gasteiger partial charge in [0, 0.05) is 43.4 Å². The second-order valence-corrected chi connectivity index (χ2v) is 9.49. The third-order valence-corrected chi connectivity index (χ3v) is 7.13. The van der Waals surface area contributed by atoms with E-state index in [2.05, 4.69) is 10.6 Å². The van der Waals surface area contributed by atoms with Crippen molar-refractivity contribution in [2.24, 2.45) is 0 Å².